The number of hydrogen-bond acceptors (Lipinski definition) is 8. The molecule has 1 atom stereocenters. The van der Waals surface area contributed by atoms with E-state index in [0.29, 0.717) is 35.5 Å². The van der Waals surface area contributed by atoms with Crippen LogP contribution in [0.3, 0.4) is 0 Å². The highest BCUT2D eigenvalue weighted by Crippen LogP contribution is 2.39. The van der Waals surface area contributed by atoms with Crippen LogP contribution in [0.15, 0.2) is 40.6 Å². The number of Topliss-reactive ketones (excluding diaryl/α,β-unsaturated/α-hetero) is 1. The highest BCUT2D eigenvalue weighted by molar-refractivity contribution is 6.39. The lowest BCUT2D eigenvalue weighted by Crippen LogP contribution is -2.36. The Morgan fingerprint density at radius 3 is 2.24 bits per heavy atom. The number of carbonyl (C=O) groups excluding carboxylic acids is 2. The van der Waals surface area contributed by atoms with Gasteiger partial charge in [-0.1, -0.05) is 11.6 Å². The number of anilines is 1. The fourth-order valence-electron chi connectivity index (χ4n) is 2.74. The molecule has 0 saturated heterocycles. The van der Waals surface area contributed by atoms with Gasteiger partial charge in [0.2, 0.25) is 6.04 Å². The van der Waals surface area contributed by atoms with E-state index >= 15 is 0 Å². The van der Waals surface area contributed by atoms with Crippen molar-refractivity contribution in [2.75, 3.05) is 31.9 Å². The van der Waals surface area contributed by atoms with Crippen LogP contribution < -0.4 is 23.4 Å². The van der Waals surface area contributed by atoms with Gasteiger partial charge < -0.3 is 18.9 Å². The normalized spacial score (nSPS) is 11.7. The summed E-state index contributed by atoms with van der Waals surface area (Å²) in [7, 11) is 2.91. The fourth-order valence-corrected chi connectivity index (χ4v) is 3.18. The minimum Gasteiger partial charge on any atom is -0.497 e. The van der Waals surface area contributed by atoms with Crippen LogP contribution in [0.5, 0.6) is 23.0 Å². The Bertz CT molecular complexity index is 1030. The molecule has 11 heteroatoms. The first-order chi connectivity index (χ1) is 15.8. The zero-order valence-corrected chi connectivity index (χ0v) is 20.4. The van der Waals surface area contributed by atoms with Crippen molar-refractivity contribution in [2.24, 2.45) is 10.2 Å². The summed E-state index contributed by atoms with van der Waals surface area (Å²) in [6, 6.07) is 6.23. The number of rotatable bonds is 11. The molecular formula is C22H25Cl2N3O6. The lowest BCUT2D eigenvalue weighted by atomic mass is 10.2. The SMILES string of the molecule is CCOc1cc(N=NC(C(C)=O)C(=O)N(Cl)c2ccc(OC)cc2OC)c(OCC)cc1Cl. The summed E-state index contributed by atoms with van der Waals surface area (Å²) < 4.78 is 22.2. The van der Waals surface area contributed by atoms with Crippen molar-refractivity contribution in [3.63, 3.8) is 0 Å². The molecule has 0 saturated carbocycles. The van der Waals surface area contributed by atoms with E-state index in [1.165, 1.54) is 39.3 Å². The molecule has 0 aliphatic rings. The number of nitrogens with zero attached hydrogens (tertiary/aromatic N) is 3. The lowest BCUT2D eigenvalue weighted by Gasteiger charge is -2.19. The van der Waals surface area contributed by atoms with Gasteiger partial charge in [0.1, 0.15) is 34.4 Å². The van der Waals surface area contributed by atoms with Crippen molar-refractivity contribution >= 4 is 46.4 Å². The van der Waals surface area contributed by atoms with Crippen molar-refractivity contribution in [1.29, 1.82) is 0 Å². The van der Waals surface area contributed by atoms with E-state index in [0.717, 1.165) is 4.42 Å². The third-order valence-corrected chi connectivity index (χ3v) is 4.95. The van der Waals surface area contributed by atoms with Crippen molar-refractivity contribution in [1.82, 2.24) is 0 Å². The van der Waals surface area contributed by atoms with E-state index in [2.05, 4.69) is 10.2 Å². The standard InChI is InChI=1S/C22H25Cl2N3O6/c1-6-32-18-12-16(19(33-7-2)11-15(18)23)25-26-21(13(3)28)22(29)27(24)17-9-8-14(30-4)10-20(17)31-5/h8-12,21H,6-7H2,1-5H3. The second-order valence-electron chi connectivity index (χ2n) is 6.50. The number of hydrogen-bond donors (Lipinski definition) is 0. The Labute approximate surface area is 202 Å². The van der Waals surface area contributed by atoms with Gasteiger partial charge in [-0.3, -0.25) is 9.59 Å². The number of benzene rings is 2. The van der Waals surface area contributed by atoms with Crippen LogP contribution in [-0.4, -0.2) is 45.2 Å². The molecule has 0 N–H and O–H groups in total. The van der Waals surface area contributed by atoms with Crippen LogP contribution in [0, 0.1) is 0 Å². The number of amides is 1. The summed E-state index contributed by atoms with van der Waals surface area (Å²) in [5.74, 6) is 0.0993. The van der Waals surface area contributed by atoms with E-state index in [-0.39, 0.29) is 17.1 Å². The molecule has 0 aliphatic carbocycles. The van der Waals surface area contributed by atoms with Crippen LogP contribution in [0.25, 0.3) is 0 Å². The van der Waals surface area contributed by atoms with Gasteiger partial charge in [0.05, 0.1) is 32.5 Å². The van der Waals surface area contributed by atoms with Gasteiger partial charge in [0, 0.05) is 30.0 Å². The van der Waals surface area contributed by atoms with Crippen molar-refractivity contribution in [3.8, 4) is 23.0 Å². The molecule has 0 aliphatic heterocycles. The summed E-state index contributed by atoms with van der Waals surface area (Å²) >= 11 is 12.5. The van der Waals surface area contributed by atoms with Crippen molar-refractivity contribution in [2.45, 2.75) is 26.8 Å². The molecule has 0 aromatic heterocycles. The second kappa shape index (κ2) is 12.3. The fraction of sp³-hybridized carbons (Fsp3) is 0.364. The zero-order valence-electron chi connectivity index (χ0n) is 18.9. The predicted molar refractivity (Wildman–Crippen MR) is 126 cm³/mol. The number of carbonyl (C=O) groups is 2. The topological polar surface area (TPSA) is 99.0 Å². The van der Waals surface area contributed by atoms with Gasteiger partial charge in [-0.15, -0.1) is 0 Å². The molecule has 1 amide bonds. The first kappa shape index (κ1) is 26.2. The Balaban J connectivity index is 2.40. The maximum atomic E-state index is 13.0. The summed E-state index contributed by atoms with van der Waals surface area (Å²) in [6.07, 6.45) is 0. The maximum Gasteiger partial charge on any atom is 0.276 e. The molecule has 0 bridgehead atoms. The molecule has 2 aromatic rings. The van der Waals surface area contributed by atoms with Crippen LogP contribution in [0.2, 0.25) is 5.02 Å². The zero-order chi connectivity index (χ0) is 24.5. The van der Waals surface area contributed by atoms with Gasteiger partial charge in [0.15, 0.2) is 5.78 Å². The molecule has 0 fully saturated rings. The molecule has 0 heterocycles. The highest BCUT2D eigenvalue weighted by atomic mass is 35.5. The molecule has 1 unspecified atom stereocenters. The van der Waals surface area contributed by atoms with E-state index < -0.39 is 17.7 Å². The number of halogens is 2. The Hall–Kier alpha value is -3.04. The van der Waals surface area contributed by atoms with Crippen molar-refractivity contribution in [3.05, 3.63) is 35.4 Å². The van der Waals surface area contributed by atoms with Gasteiger partial charge >= 0.3 is 0 Å². The third-order valence-electron chi connectivity index (χ3n) is 4.30. The van der Waals surface area contributed by atoms with Gasteiger partial charge in [0.25, 0.3) is 5.91 Å². The second-order valence-corrected chi connectivity index (χ2v) is 7.25. The maximum absolute atomic E-state index is 13.0. The van der Waals surface area contributed by atoms with E-state index in [1.54, 1.807) is 26.0 Å². The number of methoxy groups -OCH3 is 2. The van der Waals surface area contributed by atoms with E-state index in [9.17, 15) is 9.59 Å². The van der Waals surface area contributed by atoms with Gasteiger partial charge in [-0.2, -0.15) is 10.2 Å². The summed E-state index contributed by atoms with van der Waals surface area (Å²) in [6.45, 7) is 5.54. The largest absolute Gasteiger partial charge is 0.497 e. The molecular weight excluding hydrogens is 473 g/mol. The predicted octanol–water partition coefficient (Wildman–Crippen LogP) is 5.38. The van der Waals surface area contributed by atoms with E-state index in [4.69, 9.17) is 42.3 Å². The summed E-state index contributed by atoms with van der Waals surface area (Å²) in [5, 5.41) is 8.37. The van der Waals surface area contributed by atoms with Gasteiger partial charge in [-0.25, -0.2) is 4.42 Å². The van der Waals surface area contributed by atoms with Crippen molar-refractivity contribution < 1.29 is 28.5 Å². The van der Waals surface area contributed by atoms with Crippen LogP contribution >= 0.6 is 23.4 Å². The molecule has 33 heavy (non-hydrogen) atoms. The molecule has 2 rings (SSSR count). The van der Waals surface area contributed by atoms with Gasteiger partial charge in [-0.05, 0) is 32.9 Å². The smallest absolute Gasteiger partial charge is 0.276 e. The first-order valence-electron chi connectivity index (χ1n) is 9.99. The summed E-state index contributed by atoms with van der Waals surface area (Å²) in [5.41, 5.74) is 0.457. The number of ketones is 1. The lowest BCUT2D eigenvalue weighted by molar-refractivity contribution is -0.126. The summed E-state index contributed by atoms with van der Waals surface area (Å²) in [4.78, 5) is 25.3. The molecule has 2 aromatic carbocycles. The average Bonchev–Trinajstić information content (AvgIpc) is 2.80. The molecule has 9 nitrogen and oxygen atoms in total. The third kappa shape index (κ3) is 6.49. The number of ether oxygens (including phenoxy) is 4. The quantitative estimate of drug-likeness (QED) is 0.234. The molecule has 0 spiro atoms. The van der Waals surface area contributed by atoms with Crippen LogP contribution in [0.4, 0.5) is 11.4 Å². The molecule has 0 radical (unpaired) electrons. The monoisotopic (exact) mass is 497 g/mol. The highest BCUT2D eigenvalue weighted by Gasteiger charge is 2.30. The Kier molecular flexibility index (Phi) is 9.74. The number of azo groups is 1. The Morgan fingerprint density at radius 1 is 1.00 bits per heavy atom. The minimum atomic E-state index is -1.50. The Morgan fingerprint density at radius 2 is 1.67 bits per heavy atom. The average molecular weight is 498 g/mol. The first-order valence-corrected chi connectivity index (χ1v) is 10.7. The van der Waals surface area contributed by atoms with E-state index in [1.807, 2.05) is 0 Å². The van der Waals surface area contributed by atoms with Crippen LogP contribution in [-0.2, 0) is 9.59 Å². The minimum absolute atomic E-state index is 0.214. The van der Waals surface area contributed by atoms with Crippen LogP contribution in [0.1, 0.15) is 20.8 Å². The molecule has 178 valence electrons.